The van der Waals surface area contributed by atoms with E-state index in [2.05, 4.69) is 97.7 Å². The second-order valence-electron chi connectivity index (χ2n) is 9.79. The molecule has 2 nitrogen and oxygen atoms in total. The number of nitrogens with zero attached hydrogens (tertiary/aromatic N) is 1. The Hall–Kier alpha value is -0.643. The van der Waals surface area contributed by atoms with Crippen LogP contribution in [0.5, 0.6) is 0 Å². The Morgan fingerprint density at radius 2 is 1.46 bits per heavy atom. The van der Waals surface area contributed by atoms with Crippen LogP contribution in [-0.2, 0) is 11.0 Å². The molecule has 0 N–H and O–H groups in total. The maximum atomic E-state index is 7.10. The van der Waals surface area contributed by atoms with Crippen molar-refractivity contribution in [3.8, 4) is 0 Å². The van der Waals surface area contributed by atoms with Gasteiger partial charge in [-0.15, -0.1) is 0 Å². The molecule has 3 atom stereocenters. The van der Waals surface area contributed by atoms with E-state index in [0.717, 1.165) is 6.54 Å². The fraction of sp³-hybridized carbons (Fsp3) is 0.714. The molecule has 1 heterocycles. The molecule has 0 aliphatic carbocycles. The summed E-state index contributed by atoms with van der Waals surface area (Å²) in [5, 5.41) is 0.447. The fourth-order valence-electron chi connectivity index (χ4n) is 5.32. The van der Waals surface area contributed by atoms with E-state index >= 15 is 0 Å². The van der Waals surface area contributed by atoms with Gasteiger partial charge in [0.15, 0.2) is 0 Å². The molecule has 1 aliphatic heterocycles. The summed E-state index contributed by atoms with van der Waals surface area (Å²) in [5.41, 5.74) is 2.00. The molecule has 0 spiro atoms. The molecule has 0 aromatic heterocycles. The van der Waals surface area contributed by atoms with Crippen LogP contribution in [0.2, 0.25) is 15.6 Å². The van der Waals surface area contributed by atoms with Gasteiger partial charge in [-0.1, -0.05) is 85.7 Å². The number of hydrogen-bond donors (Lipinski definition) is 0. The highest BCUT2D eigenvalue weighted by Crippen LogP contribution is 2.63. The molecule has 3 heteroatoms. The average molecular weight is 348 g/mol. The highest BCUT2D eigenvalue weighted by atomic mass is 28.4. The first-order valence-corrected chi connectivity index (χ1v) is 11.3. The van der Waals surface area contributed by atoms with E-state index in [1.165, 1.54) is 5.56 Å². The number of benzene rings is 1. The van der Waals surface area contributed by atoms with Gasteiger partial charge in [0.2, 0.25) is 8.32 Å². The lowest BCUT2D eigenvalue weighted by Gasteiger charge is -2.51. The molecular formula is C21H37NOSi. The van der Waals surface area contributed by atoms with Crippen molar-refractivity contribution in [2.45, 2.75) is 83.8 Å². The van der Waals surface area contributed by atoms with Crippen LogP contribution in [0.15, 0.2) is 30.3 Å². The molecule has 1 aliphatic rings. The second-order valence-corrected chi connectivity index (χ2v) is 15.4. The quantitative estimate of drug-likeness (QED) is 0.617. The van der Waals surface area contributed by atoms with Gasteiger partial charge in [-0.2, -0.15) is 0 Å². The Balaban J connectivity index is 2.31. The zero-order valence-electron chi connectivity index (χ0n) is 17.2. The van der Waals surface area contributed by atoms with Crippen LogP contribution in [0.4, 0.5) is 0 Å². The normalized spacial score (nSPS) is 27.7. The molecule has 1 aromatic rings. The minimum Gasteiger partial charge on any atom is -0.400 e. The van der Waals surface area contributed by atoms with Gasteiger partial charge in [0.1, 0.15) is 6.23 Å². The predicted molar refractivity (Wildman–Crippen MR) is 107 cm³/mol. The van der Waals surface area contributed by atoms with Gasteiger partial charge in [-0.25, -0.2) is 0 Å². The molecule has 0 radical (unpaired) electrons. The smallest absolute Gasteiger partial charge is 0.208 e. The zero-order valence-corrected chi connectivity index (χ0v) is 18.2. The first-order valence-electron chi connectivity index (χ1n) is 9.34. The highest BCUT2D eigenvalue weighted by Gasteiger charge is 2.65. The minimum absolute atomic E-state index is 0.213. The lowest BCUT2D eigenvalue weighted by molar-refractivity contribution is 0.0139. The standard InChI is InChI=1S/C21H37NOSi/c1-16-17(2)24(20(3,4)5,21(6,7)8)23-19(16)22(9)15-18-13-11-10-12-14-18/h10-14,16-17,19H,15H2,1-9H3/t16-,17+,19-/m0/s1. The Labute approximate surface area is 150 Å². The summed E-state index contributed by atoms with van der Waals surface area (Å²) in [6.07, 6.45) is 0.213. The average Bonchev–Trinajstić information content (AvgIpc) is 2.73. The predicted octanol–water partition coefficient (Wildman–Crippen LogP) is 6.05. The summed E-state index contributed by atoms with van der Waals surface area (Å²) in [7, 11) is 0.232. The molecular weight excluding hydrogens is 310 g/mol. The minimum atomic E-state index is -1.99. The number of hydrogen-bond acceptors (Lipinski definition) is 2. The number of rotatable bonds is 3. The first kappa shape index (κ1) is 19.7. The van der Waals surface area contributed by atoms with E-state index in [9.17, 15) is 0 Å². The van der Waals surface area contributed by atoms with Crippen molar-refractivity contribution in [1.82, 2.24) is 4.90 Å². The highest BCUT2D eigenvalue weighted by molar-refractivity contribution is 6.81. The van der Waals surface area contributed by atoms with Gasteiger partial charge in [-0.05, 0) is 34.1 Å². The molecule has 1 aromatic carbocycles. The van der Waals surface area contributed by atoms with Crippen LogP contribution < -0.4 is 0 Å². The van der Waals surface area contributed by atoms with Crippen molar-refractivity contribution < 1.29 is 4.43 Å². The van der Waals surface area contributed by atoms with Crippen LogP contribution >= 0.6 is 0 Å². The first-order chi connectivity index (χ1) is 10.9. The van der Waals surface area contributed by atoms with E-state index in [4.69, 9.17) is 4.43 Å². The third-order valence-corrected chi connectivity index (χ3v) is 13.0. The van der Waals surface area contributed by atoms with E-state index in [1.807, 2.05) is 0 Å². The molecule has 1 saturated heterocycles. The van der Waals surface area contributed by atoms with Crippen molar-refractivity contribution in [2.75, 3.05) is 7.05 Å². The molecule has 0 saturated carbocycles. The maximum absolute atomic E-state index is 7.10. The molecule has 24 heavy (non-hydrogen) atoms. The molecule has 136 valence electrons. The van der Waals surface area contributed by atoms with Crippen molar-refractivity contribution in [3.05, 3.63) is 35.9 Å². The van der Waals surface area contributed by atoms with Gasteiger partial charge in [0, 0.05) is 6.54 Å². The Bertz CT molecular complexity index is 529. The molecule has 0 unspecified atom stereocenters. The van der Waals surface area contributed by atoms with Gasteiger partial charge in [0.25, 0.3) is 0 Å². The molecule has 1 fully saturated rings. The van der Waals surface area contributed by atoms with Crippen molar-refractivity contribution in [3.63, 3.8) is 0 Å². The Kier molecular flexibility index (Phi) is 5.40. The summed E-state index contributed by atoms with van der Waals surface area (Å²) >= 11 is 0. The summed E-state index contributed by atoms with van der Waals surface area (Å²) < 4.78 is 7.10. The topological polar surface area (TPSA) is 12.5 Å². The van der Waals surface area contributed by atoms with Crippen molar-refractivity contribution in [1.29, 1.82) is 0 Å². The summed E-state index contributed by atoms with van der Waals surface area (Å²) in [4.78, 5) is 2.42. The zero-order chi connectivity index (χ0) is 18.3. The lowest BCUT2D eigenvalue weighted by atomic mass is 10.1. The largest absolute Gasteiger partial charge is 0.400 e. The van der Waals surface area contributed by atoms with Gasteiger partial charge in [0.05, 0.1) is 0 Å². The van der Waals surface area contributed by atoms with E-state index in [1.54, 1.807) is 0 Å². The summed E-state index contributed by atoms with van der Waals surface area (Å²) in [6, 6.07) is 10.7. The molecule has 0 bridgehead atoms. The van der Waals surface area contributed by atoms with Crippen LogP contribution in [0, 0.1) is 5.92 Å². The lowest BCUT2D eigenvalue weighted by Crippen LogP contribution is -2.55. The van der Waals surface area contributed by atoms with E-state index in [-0.39, 0.29) is 16.3 Å². The molecule has 0 amide bonds. The Morgan fingerprint density at radius 1 is 0.958 bits per heavy atom. The molecule has 2 rings (SSSR count). The third kappa shape index (κ3) is 3.23. The van der Waals surface area contributed by atoms with E-state index < -0.39 is 8.32 Å². The van der Waals surface area contributed by atoms with Crippen LogP contribution in [0.3, 0.4) is 0 Å². The van der Waals surface area contributed by atoms with Crippen LogP contribution in [0.1, 0.15) is 61.0 Å². The van der Waals surface area contributed by atoms with Gasteiger partial charge < -0.3 is 4.43 Å². The maximum Gasteiger partial charge on any atom is 0.208 e. The summed E-state index contributed by atoms with van der Waals surface area (Å²) in [5.74, 6) is 0.559. The SMILES string of the molecule is C[C@H]1[C@@H](C)[Si](C(C)(C)C)(C(C)(C)C)O[C@@H]1N(C)Cc1ccccc1. The van der Waals surface area contributed by atoms with E-state index in [0.29, 0.717) is 11.5 Å². The van der Waals surface area contributed by atoms with Gasteiger partial charge >= 0.3 is 0 Å². The van der Waals surface area contributed by atoms with Crippen LogP contribution in [0.25, 0.3) is 0 Å². The van der Waals surface area contributed by atoms with Crippen molar-refractivity contribution in [2.24, 2.45) is 5.92 Å². The fourth-order valence-corrected chi connectivity index (χ4v) is 12.9. The van der Waals surface area contributed by atoms with Gasteiger partial charge in [-0.3, -0.25) is 4.90 Å². The Morgan fingerprint density at radius 3 is 1.88 bits per heavy atom. The monoisotopic (exact) mass is 347 g/mol. The second kappa shape index (κ2) is 6.58. The third-order valence-electron chi connectivity index (χ3n) is 6.12. The summed E-state index contributed by atoms with van der Waals surface area (Å²) in [6.45, 7) is 20.2. The van der Waals surface area contributed by atoms with Crippen molar-refractivity contribution >= 4 is 8.32 Å². The van der Waals surface area contributed by atoms with Crippen LogP contribution in [-0.4, -0.2) is 26.5 Å².